The summed E-state index contributed by atoms with van der Waals surface area (Å²) in [6, 6.07) is 9.40. The van der Waals surface area contributed by atoms with Crippen molar-refractivity contribution in [1.29, 1.82) is 0 Å². The molecule has 19 heavy (non-hydrogen) atoms. The highest BCUT2D eigenvalue weighted by atomic mass is 35.5. The average Bonchev–Trinajstić information content (AvgIpc) is 3.24. The van der Waals surface area contributed by atoms with E-state index in [1.54, 1.807) is 0 Å². The standard InChI is InChI=1S/C17H24ClN/c1-12(13-7-9-16(18)10-8-13)19-17-4-2-3-15(11-17)14-5-6-14/h7-10,12,14-15,17,19H,2-6,11H2,1H3/t12-,15?,17?/m0/s1. The summed E-state index contributed by atoms with van der Waals surface area (Å²) in [6.45, 7) is 2.27. The summed E-state index contributed by atoms with van der Waals surface area (Å²) in [6.07, 6.45) is 8.60. The molecule has 0 aliphatic heterocycles. The SMILES string of the molecule is C[C@H](NC1CCCC(C2CC2)C1)c1ccc(Cl)cc1. The molecule has 2 fully saturated rings. The zero-order valence-electron chi connectivity index (χ0n) is 11.7. The van der Waals surface area contributed by atoms with Crippen LogP contribution in [0.2, 0.25) is 5.02 Å². The molecule has 1 aromatic rings. The van der Waals surface area contributed by atoms with Crippen molar-refractivity contribution in [2.75, 3.05) is 0 Å². The zero-order chi connectivity index (χ0) is 13.2. The summed E-state index contributed by atoms with van der Waals surface area (Å²) in [5, 5.41) is 4.65. The molecule has 1 nitrogen and oxygen atoms in total. The second-order valence-electron chi connectivity index (χ2n) is 6.40. The fraction of sp³-hybridized carbons (Fsp3) is 0.647. The summed E-state index contributed by atoms with van der Waals surface area (Å²) in [4.78, 5) is 0. The molecule has 2 unspecified atom stereocenters. The van der Waals surface area contributed by atoms with Gasteiger partial charge >= 0.3 is 0 Å². The summed E-state index contributed by atoms with van der Waals surface area (Å²) in [5.74, 6) is 2.07. The van der Waals surface area contributed by atoms with Crippen molar-refractivity contribution < 1.29 is 0 Å². The number of hydrogen-bond acceptors (Lipinski definition) is 1. The Hall–Kier alpha value is -0.530. The van der Waals surface area contributed by atoms with Gasteiger partial charge in [-0.1, -0.05) is 36.6 Å². The van der Waals surface area contributed by atoms with Gasteiger partial charge in [0.15, 0.2) is 0 Å². The maximum absolute atomic E-state index is 5.95. The van der Waals surface area contributed by atoms with Gasteiger partial charge in [0.2, 0.25) is 0 Å². The van der Waals surface area contributed by atoms with Crippen LogP contribution in [0, 0.1) is 11.8 Å². The number of rotatable bonds is 4. The fourth-order valence-corrected chi connectivity index (χ4v) is 3.70. The first kappa shape index (κ1) is 13.5. The molecule has 104 valence electrons. The smallest absolute Gasteiger partial charge is 0.0406 e. The van der Waals surface area contributed by atoms with Crippen LogP contribution in [0.25, 0.3) is 0 Å². The van der Waals surface area contributed by atoms with Crippen molar-refractivity contribution in [3.05, 3.63) is 34.9 Å². The van der Waals surface area contributed by atoms with Crippen molar-refractivity contribution in [2.45, 2.75) is 57.5 Å². The van der Waals surface area contributed by atoms with Gasteiger partial charge in [0.1, 0.15) is 0 Å². The summed E-state index contributed by atoms with van der Waals surface area (Å²) in [7, 11) is 0. The van der Waals surface area contributed by atoms with E-state index in [9.17, 15) is 0 Å². The largest absolute Gasteiger partial charge is 0.307 e. The lowest BCUT2D eigenvalue weighted by Crippen LogP contribution is -2.36. The molecular weight excluding hydrogens is 254 g/mol. The predicted molar refractivity (Wildman–Crippen MR) is 81.5 cm³/mol. The van der Waals surface area contributed by atoms with E-state index >= 15 is 0 Å². The summed E-state index contributed by atoms with van der Waals surface area (Å²) in [5.41, 5.74) is 1.35. The van der Waals surface area contributed by atoms with E-state index < -0.39 is 0 Å². The Labute approximate surface area is 121 Å². The molecule has 0 amide bonds. The van der Waals surface area contributed by atoms with Gasteiger partial charge in [-0.25, -0.2) is 0 Å². The second-order valence-corrected chi connectivity index (χ2v) is 6.84. The molecule has 3 atom stereocenters. The van der Waals surface area contributed by atoms with Crippen LogP contribution in [-0.4, -0.2) is 6.04 Å². The van der Waals surface area contributed by atoms with E-state index in [1.165, 1.54) is 44.1 Å². The van der Waals surface area contributed by atoms with E-state index in [2.05, 4.69) is 24.4 Å². The molecular formula is C17H24ClN. The first-order valence-corrected chi connectivity index (χ1v) is 8.11. The summed E-state index contributed by atoms with van der Waals surface area (Å²) >= 11 is 5.95. The molecule has 3 rings (SSSR count). The van der Waals surface area contributed by atoms with E-state index in [0.29, 0.717) is 12.1 Å². The molecule has 0 saturated heterocycles. The minimum Gasteiger partial charge on any atom is -0.307 e. The van der Waals surface area contributed by atoms with E-state index in [-0.39, 0.29) is 0 Å². The topological polar surface area (TPSA) is 12.0 Å². The van der Waals surface area contributed by atoms with Crippen LogP contribution in [-0.2, 0) is 0 Å². The fourth-order valence-electron chi connectivity index (χ4n) is 3.58. The molecule has 2 aliphatic carbocycles. The Bertz CT molecular complexity index is 410. The Kier molecular flexibility index (Phi) is 4.14. The third-order valence-corrected chi connectivity index (χ3v) is 5.11. The lowest BCUT2D eigenvalue weighted by molar-refractivity contribution is 0.249. The maximum Gasteiger partial charge on any atom is 0.0406 e. The van der Waals surface area contributed by atoms with Crippen LogP contribution in [0.4, 0.5) is 0 Å². The lowest BCUT2D eigenvalue weighted by atomic mass is 9.82. The van der Waals surface area contributed by atoms with Gasteiger partial charge in [0.05, 0.1) is 0 Å². The number of halogens is 1. The quantitative estimate of drug-likeness (QED) is 0.820. The Morgan fingerprint density at radius 3 is 2.47 bits per heavy atom. The van der Waals surface area contributed by atoms with Crippen molar-refractivity contribution in [1.82, 2.24) is 5.32 Å². The number of nitrogens with one attached hydrogen (secondary N) is 1. The molecule has 2 aliphatic rings. The lowest BCUT2D eigenvalue weighted by Gasteiger charge is -2.32. The number of hydrogen-bond donors (Lipinski definition) is 1. The molecule has 1 N–H and O–H groups in total. The Morgan fingerprint density at radius 1 is 1.05 bits per heavy atom. The normalized spacial score (nSPS) is 29.2. The molecule has 0 heterocycles. The Balaban J connectivity index is 1.56. The monoisotopic (exact) mass is 277 g/mol. The van der Waals surface area contributed by atoms with Crippen LogP contribution in [0.5, 0.6) is 0 Å². The molecule has 0 radical (unpaired) electrons. The Morgan fingerprint density at radius 2 is 1.79 bits per heavy atom. The minimum absolute atomic E-state index is 0.431. The second kappa shape index (κ2) is 5.85. The van der Waals surface area contributed by atoms with Gasteiger partial charge in [-0.05, 0) is 62.1 Å². The van der Waals surface area contributed by atoms with Gasteiger partial charge < -0.3 is 5.32 Å². The van der Waals surface area contributed by atoms with E-state index in [0.717, 1.165) is 16.9 Å². The van der Waals surface area contributed by atoms with Gasteiger partial charge in [-0.15, -0.1) is 0 Å². The first-order valence-electron chi connectivity index (χ1n) is 7.74. The molecule has 0 aromatic heterocycles. The van der Waals surface area contributed by atoms with Crippen LogP contribution in [0.15, 0.2) is 24.3 Å². The molecule has 1 aromatic carbocycles. The maximum atomic E-state index is 5.95. The van der Waals surface area contributed by atoms with Gasteiger partial charge in [-0.2, -0.15) is 0 Å². The van der Waals surface area contributed by atoms with Crippen LogP contribution in [0.3, 0.4) is 0 Å². The van der Waals surface area contributed by atoms with Crippen LogP contribution in [0.1, 0.15) is 57.1 Å². The van der Waals surface area contributed by atoms with Gasteiger partial charge in [0.25, 0.3) is 0 Å². The van der Waals surface area contributed by atoms with Crippen molar-refractivity contribution in [2.24, 2.45) is 11.8 Å². The van der Waals surface area contributed by atoms with Gasteiger partial charge in [0, 0.05) is 17.1 Å². The highest BCUT2D eigenvalue weighted by Crippen LogP contribution is 2.44. The molecule has 0 spiro atoms. The third kappa shape index (κ3) is 3.52. The predicted octanol–water partition coefficient (Wildman–Crippen LogP) is 4.96. The zero-order valence-corrected chi connectivity index (χ0v) is 12.5. The van der Waals surface area contributed by atoms with Crippen molar-refractivity contribution in [3.63, 3.8) is 0 Å². The summed E-state index contributed by atoms with van der Waals surface area (Å²) < 4.78 is 0. The van der Waals surface area contributed by atoms with Crippen LogP contribution < -0.4 is 5.32 Å². The van der Waals surface area contributed by atoms with E-state index in [1.807, 2.05) is 12.1 Å². The molecule has 2 saturated carbocycles. The van der Waals surface area contributed by atoms with Crippen molar-refractivity contribution >= 4 is 11.6 Å². The number of benzene rings is 1. The molecule has 2 heteroatoms. The first-order chi connectivity index (χ1) is 9.22. The highest BCUT2D eigenvalue weighted by molar-refractivity contribution is 6.30. The highest BCUT2D eigenvalue weighted by Gasteiger charge is 2.34. The van der Waals surface area contributed by atoms with Crippen molar-refractivity contribution in [3.8, 4) is 0 Å². The third-order valence-electron chi connectivity index (χ3n) is 4.86. The van der Waals surface area contributed by atoms with Crippen LogP contribution >= 0.6 is 11.6 Å². The average molecular weight is 278 g/mol. The minimum atomic E-state index is 0.431. The van der Waals surface area contributed by atoms with E-state index in [4.69, 9.17) is 11.6 Å². The molecule has 0 bridgehead atoms. The van der Waals surface area contributed by atoms with Gasteiger partial charge in [-0.3, -0.25) is 0 Å².